The number of anilines is 1. The predicted molar refractivity (Wildman–Crippen MR) is 122 cm³/mol. The monoisotopic (exact) mass is 496 g/mol. The number of nitrogens with one attached hydrogen (secondary N) is 3. The second-order valence-electron chi connectivity index (χ2n) is 8.20. The number of nitrogens with zero attached hydrogens (tertiary/aromatic N) is 1. The van der Waals surface area contributed by atoms with Crippen molar-refractivity contribution in [1.82, 2.24) is 15.2 Å². The molecule has 0 spiro atoms. The fourth-order valence-corrected chi connectivity index (χ4v) is 4.89. The number of fused-ring (bicyclic) bond motifs is 2. The molecule has 8 nitrogen and oxygen atoms in total. The van der Waals surface area contributed by atoms with E-state index in [9.17, 15) is 19.5 Å². The second kappa shape index (κ2) is 7.84. The van der Waals surface area contributed by atoms with Crippen molar-refractivity contribution < 1.29 is 19.5 Å². The quantitative estimate of drug-likeness (QED) is 0.416. The molecule has 1 fully saturated rings. The van der Waals surface area contributed by atoms with Crippen molar-refractivity contribution >= 4 is 50.2 Å². The van der Waals surface area contributed by atoms with Gasteiger partial charge in [-0.05, 0) is 54.8 Å². The molecule has 3 heterocycles. The molecule has 164 valence electrons. The highest BCUT2D eigenvalue weighted by Crippen LogP contribution is 2.36. The number of aliphatic hydroxyl groups is 1. The summed E-state index contributed by atoms with van der Waals surface area (Å²) in [5, 5.41) is 17.0. The third kappa shape index (κ3) is 3.52. The maximum atomic E-state index is 12.9. The summed E-state index contributed by atoms with van der Waals surface area (Å²) in [6.45, 7) is 2.25. The van der Waals surface area contributed by atoms with Crippen LogP contribution in [0.2, 0.25) is 0 Å². The van der Waals surface area contributed by atoms with E-state index in [2.05, 4.69) is 31.5 Å². The molecule has 1 saturated heterocycles. The van der Waals surface area contributed by atoms with E-state index in [1.54, 1.807) is 17.0 Å². The van der Waals surface area contributed by atoms with E-state index in [0.717, 1.165) is 26.5 Å². The number of hydrogen-bond acceptors (Lipinski definition) is 5. The van der Waals surface area contributed by atoms with Gasteiger partial charge >= 0.3 is 0 Å². The lowest BCUT2D eigenvalue weighted by molar-refractivity contribution is -0.141. The summed E-state index contributed by atoms with van der Waals surface area (Å²) < 4.78 is 0.941. The SMILES string of the molecule is Cc1c(C(=O)Nc2ccc3c(c2)CN(C2CCC(=O)NC2=O)C3O)[nH]c2ccc(Br)cc12. The van der Waals surface area contributed by atoms with Crippen LogP contribution in [0.15, 0.2) is 40.9 Å². The Bertz CT molecular complexity index is 1280. The molecule has 2 unspecified atom stereocenters. The number of rotatable bonds is 3. The van der Waals surface area contributed by atoms with Gasteiger partial charge in [-0.25, -0.2) is 0 Å². The minimum Gasteiger partial charge on any atom is -0.374 e. The van der Waals surface area contributed by atoms with Crippen LogP contribution >= 0.6 is 15.9 Å². The molecule has 2 aliphatic rings. The molecule has 3 amide bonds. The summed E-state index contributed by atoms with van der Waals surface area (Å²) in [6.07, 6.45) is -0.319. The number of hydrogen-bond donors (Lipinski definition) is 4. The first kappa shape index (κ1) is 20.9. The fraction of sp³-hybridized carbons (Fsp3) is 0.261. The van der Waals surface area contributed by atoms with Crippen molar-refractivity contribution in [2.24, 2.45) is 0 Å². The Hall–Kier alpha value is -3.01. The van der Waals surface area contributed by atoms with E-state index >= 15 is 0 Å². The van der Waals surface area contributed by atoms with Gasteiger partial charge in [-0.1, -0.05) is 22.0 Å². The Morgan fingerprint density at radius 1 is 1.22 bits per heavy atom. The average Bonchev–Trinajstić information content (AvgIpc) is 3.25. The number of amides is 3. The maximum Gasteiger partial charge on any atom is 0.272 e. The Balaban J connectivity index is 1.36. The molecule has 2 atom stereocenters. The van der Waals surface area contributed by atoms with Gasteiger partial charge < -0.3 is 15.4 Å². The molecule has 9 heteroatoms. The maximum absolute atomic E-state index is 12.9. The van der Waals surface area contributed by atoms with Crippen LogP contribution in [0.3, 0.4) is 0 Å². The van der Waals surface area contributed by atoms with Gasteiger partial charge in [0.2, 0.25) is 11.8 Å². The molecule has 0 bridgehead atoms. The Morgan fingerprint density at radius 2 is 2.03 bits per heavy atom. The van der Waals surface area contributed by atoms with Crippen LogP contribution in [0, 0.1) is 6.92 Å². The molecule has 0 aliphatic carbocycles. The molecule has 5 rings (SSSR count). The van der Waals surface area contributed by atoms with Crippen molar-refractivity contribution in [1.29, 1.82) is 0 Å². The zero-order chi connectivity index (χ0) is 22.6. The molecule has 0 saturated carbocycles. The summed E-state index contributed by atoms with van der Waals surface area (Å²) in [6, 6.07) is 10.6. The van der Waals surface area contributed by atoms with Crippen molar-refractivity contribution in [3.8, 4) is 0 Å². The lowest BCUT2D eigenvalue weighted by Gasteiger charge is -2.31. The lowest BCUT2D eigenvalue weighted by Crippen LogP contribution is -2.51. The van der Waals surface area contributed by atoms with E-state index in [4.69, 9.17) is 0 Å². The van der Waals surface area contributed by atoms with Crippen molar-refractivity contribution in [2.75, 3.05) is 5.32 Å². The van der Waals surface area contributed by atoms with E-state index in [1.807, 2.05) is 31.2 Å². The van der Waals surface area contributed by atoms with E-state index < -0.39 is 12.3 Å². The number of carbonyl (C=O) groups is 3. The van der Waals surface area contributed by atoms with Gasteiger partial charge in [-0.15, -0.1) is 0 Å². The summed E-state index contributed by atoms with van der Waals surface area (Å²) >= 11 is 3.46. The van der Waals surface area contributed by atoms with Crippen LogP contribution in [0.5, 0.6) is 0 Å². The average molecular weight is 497 g/mol. The molecule has 2 aromatic carbocycles. The first-order valence-corrected chi connectivity index (χ1v) is 11.1. The predicted octanol–water partition coefficient (Wildman–Crippen LogP) is 3.10. The van der Waals surface area contributed by atoms with Gasteiger partial charge in [0, 0.05) is 39.6 Å². The van der Waals surface area contributed by atoms with Crippen LogP contribution in [-0.4, -0.2) is 38.8 Å². The highest BCUT2D eigenvalue weighted by molar-refractivity contribution is 9.10. The fourth-order valence-electron chi connectivity index (χ4n) is 4.53. The second-order valence-corrected chi connectivity index (χ2v) is 9.11. The molecule has 0 radical (unpaired) electrons. The Kier molecular flexibility index (Phi) is 5.11. The van der Waals surface area contributed by atoms with Crippen LogP contribution in [0.25, 0.3) is 10.9 Å². The topological polar surface area (TPSA) is 115 Å². The number of aromatic amines is 1. The third-order valence-corrected chi connectivity index (χ3v) is 6.70. The van der Waals surface area contributed by atoms with E-state index in [0.29, 0.717) is 29.9 Å². The van der Waals surface area contributed by atoms with Gasteiger partial charge in [-0.3, -0.25) is 24.6 Å². The Labute approximate surface area is 192 Å². The van der Waals surface area contributed by atoms with E-state index in [-0.39, 0.29) is 24.1 Å². The molecule has 4 N–H and O–H groups in total. The van der Waals surface area contributed by atoms with Crippen LogP contribution in [-0.2, 0) is 16.1 Å². The van der Waals surface area contributed by atoms with Crippen molar-refractivity contribution in [3.05, 3.63) is 63.3 Å². The summed E-state index contributed by atoms with van der Waals surface area (Å²) in [5.41, 5.74) is 4.36. The number of imide groups is 1. The normalized spacial score (nSPS) is 21.0. The molecule has 1 aromatic heterocycles. The largest absolute Gasteiger partial charge is 0.374 e. The van der Waals surface area contributed by atoms with Crippen LogP contribution in [0.4, 0.5) is 5.69 Å². The van der Waals surface area contributed by atoms with Gasteiger partial charge in [0.15, 0.2) is 0 Å². The third-order valence-electron chi connectivity index (χ3n) is 6.20. The number of aliphatic hydroxyl groups excluding tert-OH is 1. The number of aryl methyl sites for hydroxylation is 1. The summed E-state index contributed by atoms with van der Waals surface area (Å²) in [4.78, 5) is 41.5. The zero-order valence-electron chi connectivity index (χ0n) is 17.2. The molecule has 32 heavy (non-hydrogen) atoms. The number of H-pyrrole nitrogens is 1. The first-order valence-electron chi connectivity index (χ1n) is 10.3. The van der Waals surface area contributed by atoms with E-state index in [1.165, 1.54) is 0 Å². The van der Waals surface area contributed by atoms with Crippen LogP contribution < -0.4 is 10.6 Å². The minimum atomic E-state index is -0.937. The van der Waals surface area contributed by atoms with Gasteiger partial charge in [0.1, 0.15) is 11.9 Å². The number of benzene rings is 2. The van der Waals surface area contributed by atoms with Crippen molar-refractivity contribution in [2.45, 2.75) is 38.6 Å². The minimum absolute atomic E-state index is 0.248. The smallest absolute Gasteiger partial charge is 0.272 e. The number of carbonyl (C=O) groups excluding carboxylic acids is 3. The van der Waals surface area contributed by atoms with Gasteiger partial charge in [0.05, 0.1) is 6.04 Å². The molecular weight excluding hydrogens is 476 g/mol. The van der Waals surface area contributed by atoms with Crippen molar-refractivity contribution in [3.63, 3.8) is 0 Å². The number of piperidine rings is 1. The molecular formula is C23H21BrN4O4. The van der Waals surface area contributed by atoms with Crippen LogP contribution in [0.1, 0.15) is 46.2 Å². The zero-order valence-corrected chi connectivity index (χ0v) is 18.8. The highest BCUT2D eigenvalue weighted by atomic mass is 79.9. The highest BCUT2D eigenvalue weighted by Gasteiger charge is 2.39. The van der Waals surface area contributed by atoms with Gasteiger partial charge in [-0.2, -0.15) is 0 Å². The Morgan fingerprint density at radius 3 is 2.81 bits per heavy atom. The van der Waals surface area contributed by atoms with Gasteiger partial charge in [0.25, 0.3) is 5.91 Å². The number of aromatic nitrogens is 1. The first-order chi connectivity index (χ1) is 15.3. The lowest BCUT2D eigenvalue weighted by atomic mass is 10.0. The summed E-state index contributed by atoms with van der Waals surface area (Å²) in [5.74, 6) is -0.931. The summed E-state index contributed by atoms with van der Waals surface area (Å²) in [7, 11) is 0. The molecule has 3 aromatic rings. The molecule has 2 aliphatic heterocycles. The standard InChI is InChI=1S/C23H21BrN4O4/c1-11-16-9-13(24)2-5-17(16)26-20(11)22(31)25-14-3-4-15-12(8-14)10-28(23(15)32)18-6-7-19(29)27-21(18)30/h2-5,8-9,18,23,26,32H,6-7,10H2,1H3,(H,25,31)(H,27,29,30). The number of halogens is 1.